The molecule has 0 radical (unpaired) electrons. The Hall–Kier alpha value is -1.36. The summed E-state index contributed by atoms with van der Waals surface area (Å²) in [5.41, 5.74) is 0.214. The summed E-state index contributed by atoms with van der Waals surface area (Å²) in [6.45, 7) is 10.6. The molecule has 0 fully saturated rings. The zero-order valence-electron chi connectivity index (χ0n) is 11.3. The summed E-state index contributed by atoms with van der Waals surface area (Å²) in [5.74, 6) is 2.33. The quantitative estimate of drug-likeness (QED) is 0.728. The van der Waals surface area contributed by atoms with Crippen LogP contribution in [0.3, 0.4) is 0 Å². The van der Waals surface area contributed by atoms with Gasteiger partial charge in [-0.3, -0.25) is 0 Å². The summed E-state index contributed by atoms with van der Waals surface area (Å²) in [6, 6.07) is 0. The largest absolute Gasteiger partial charge is 0.389 e. The van der Waals surface area contributed by atoms with E-state index in [1.54, 1.807) is 13.8 Å². The van der Waals surface area contributed by atoms with Gasteiger partial charge in [-0.05, 0) is 34.6 Å². The molecule has 1 aromatic rings. The number of hydrogen-bond acceptors (Lipinski definition) is 5. The van der Waals surface area contributed by atoms with E-state index in [9.17, 15) is 5.11 Å². The number of nitrogens with one attached hydrogen (secondary N) is 2. The SMILES string of the molecule is CCNc1nc(C)nc(NCC(C)(C)O)c1C. The van der Waals surface area contributed by atoms with Crippen LogP contribution in [0.15, 0.2) is 0 Å². The molecule has 1 aromatic heterocycles. The van der Waals surface area contributed by atoms with E-state index in [0.29, 0.717) is 12.4 Å². The van der Waals surface area contributed by atoms with E-state index >= 15 is 0 Å². The number of aliphatic hydroxyl groups is 1. The molecule has 17 heavy (non-hydrogen) atoms. The highest BCUT2D eigenvalue weighted by Gasteiger charge is 2.14. The highest BCUT2D eigenvalue weighted by Crippen LogP contribution is 2.20. The fraction of sp³-hybridized carbons (Fsp3) is 0.667. The van der Waals surface area contributed by atoms with Crippen LogP contribution in [0.4, 0.5) is 11.6 Å². The number of hydrogen-bond donors (Lipinski definition) is 3. The molecule has 5 nitrogen and oxygen atoms in total. The molecule has 0 saturated heterocycles. The van der Waals surface area contributed by atoms with Gasteiger partial charge in [-0.15, -0.1) is 0 Å². The van der Waals surface area contributed by atoms with Gasteiger partial charge < -0.3 is 15.7 Å². The zero-order chi connectivity index (χ0) is 13.1. The van der Waals surface area contributed by atoms with Crippen molar-refractivity contribution in [1.82, 2.24) is 9.97 Å². The van der Waals surface area contributed by atoms with Crippen molar-refractivity contribution in [3.63, 3.8) is 0 Å². The van der Waals surface area contributed by atoms with Crippen LogP contribution in [0.25, 0.3) is 0 Å². The molecule has 96 valence electrons. The van der Waals surface area contributed by atoms with Crippen LogP contribution < -0.4 is 10.6 Å². The number of rotatable bonds is 5. The molecular weight excluding hydrogens is 216 g/mol. The molecule has 0 aliphatic rings. The molecule has 1 heterocycles. The molecular formula is C12H22N4O. The van der Waals surface area contributed by atoms with Crippen molar-refractivity contribution in [2.24, 2.45) is 0 Å². The van der Waals surface area contributed by atoms with E-state index < -0.39 is 5.60 Å². The Balaban J connectivity index is 2.91. The monoisotopic (exact) mass is 238 g/mol. The summed E-state index contributed by atoms with van der Waals surface area (Å²) < 4.78 is 0. The second kappa shape index (κ2) is 5.31. The Kier molecular flexibility index (Phi) is 4.28. The van der Waals surface area contributed by atoms with Gasteiger partial charge in [0.2, 0.25) is 0 Å². The molecule has 0 aliphatic carbocycles. The van der Waals surface area contributed by atoms with Gasteiger partial charge in [0.05, 0.1) is 5.60 Å². The van der Waals surface area contributed by atoms with Crippen molar-refractivity contribution in [2.45, 2.75) is 40.2 Å². The van der Waals surface area contributed by atoms with Gasteiger partial charge >= 0.3 is 0 Å². The van der Waals surface area contributed by atoms with E-state index in [1.807, 2.05) is 20.8 Å². The fourth-order valence-corrected chi connectivity index (χ4v) is 1.44. The highest BCUT2D eigenvalue weighted by atomic mass is 16.3. The van der Waals surface area contributed by atoms with Crippen molar-refractivity contribution in [3.05, 3.63) is 11.4 Å². The third kappa shape index (κ3) is 4.19. The van der Waals surface area contributed by atoms with Gasteiger partial charge in [-0.2, -0.15) is 0 Å². The van der Waals surface area contributed by atoms with Crippen molar-refractivity contribution in [2.75, 3.05) is 23.7 Å². The predicted octanol–water partition coefficient (Wildman–Crippen LogP) is 1.71. The third-order valence-electron chi connectivity index (χ3n) is 2.29. The number of anilines is 2. The Labute approximate surface area is 103 Å². The summed E-state index contributed by atoms with van der Waals surface area (Å²) >= 11 is 0. The molecule has 0 aliphatic heterocycles. The molecule has 0 unspecified atom stereocenters. The Morgan fingerprint density at radius 2 is 1.65 bits per heavy atom. The molecule has 0 bridgehead atoms. The standard InChI is InChI=1S/C12H22N4O/c1-6-13-10-8(2)11(16-9(3)15-10)14-7-12(4,5)17/h17H,6-7H2,1-5H3,(H2,13,14,15,16). The lowest BCUT2D eigenvalue weighted by molar-refractivity contribution is 0.0944. The Morgan fingerprint density at radius 3 is 2.12 bits per heavy atom. The van der Waals surface area contributed by atoms with Crippen molar-refractivity contribution in [3.8, 4) is 0 Å². The zero-order valence-corrected chi connectivity index (χ0v) is 11.3. The van der Waals surface area contributed by atoms with Crippen LogP contribution >= 0.6 is 0 Å². The maximum atomic E-state index is 9.69. The summed E-state index contributed by atoms with van der Waals surface area (Å²) in [7, 11) is 0. The first-order valence-corrected chi connectivity index (χ1v) is 5.89. The van der Waals surface area contributed by atoms with Gasteiger partial charge in [0.25, 0.3) is 0 Å². The molecule has 0 saturated carbocycles. The van der Waals surface area contributed by atoms with Crippen molar-refractivity contribution < 1.29 is 5.11 Å². The second-order valence-corrected chi connectivity index (χ2v) is 4.79. The van der Waals surface area contributed by atoms with Gasteiger partial charge in [0.1, 0.15) is 17.5 Å². The Morgan fingerprint density at radius 1 is 1.12 bits per heavy atom. The predicted molar refractivity (Wildman–Crippen MR) is 70.5 cm³/mol. The van der Waals surface area contributed by atoms with Gasteiger partial charge in [-0.1, -0.05) is 0 Å². The summed E-state index contributed by atoms with van der Waals surface area (Å²) in [4.78, 5) is 8.69. The molecule has 3 N–H and O–H groups in total. The fourth-order valence-electron chi connectivity index (χ4n) is 1.44. The normalized spacial score (nSPS) is 11.4. The average molecular weight is 238 g/mol. The topological polar surface area (TPSA) is 70.1 Å². The lowest BCUT2D eigenvalue weighted by atomic mass is 10.1. The lowest BCUT2D eigenvalue weighted by Gasteiger charge is -2.20. The summed E-state index contributed by atoms with van der Waals surface area (Å²) in [6.07, 6.45) is 0. The first-order valence-electron chi connectivity index (χ1n) is 5.89. The number of aromatic nitrogens is 2. The van der Waals surface area contributed by atoms with Crippen LogP contribution in [0, 0.1) is 13.8 Å². The first kappa shape index (κ1) is 13.7. The molecule has 1 rings (SSSR count). The van der Waals surface area contributed by atoms with Crippen molar-refractivity contribution >= 4 is 11.6 Å². The van der Waals surface area contributed by atoms with Crippen LogP contribution in [0.1, 0.15) is 32.2 Å². The smallest absolute Gasteiger partial charge is 0.134 e. The van der Waals surface area contributed by atoms with Crippen LogP contribution in [-0.2, 0) is 0 Å². The van der Waals surface area contributed by atoms with Gasteiger partial charge in [0.15, 0.2) is 0 Å². The first-order chi connectivity index (χ1) is 7.83. The van der Waals surface area contributed by atoms with Crippen LogP contribution in [-0.4, -0.2) is 33.8 Å². The number of aryl methyl sites for hydroxylation is 1. The van der Waals surface area contributed by atoms with E-state index in [-0.39, 0.29) is 0 Å². The van der Waals surface area contributed by atoms with Crippen molar-refractivity contribution in [1.29, 1.82) is 0 Å². The Bertz CT molecular complexity index is 385. The molecule has 0 amide bonds. The highest BCUT2D eigenvalue weighted by molar-refractivity contribution is 5.57. The minimum absolute atomic E-state index is 0.454. The molecule has 5 heteroatoms. The van der Waals surface area contributed by atoms with Crippen LogP contribution in [0.2, 0.25) is 0 Å². The minimum Gasteiger partial charge on any atom is -0.389 e. The van der Waals surface area contributed by atoms with E-state index in [1.165, 1.54) is 0 Å². The maximum Gasteiger partial charge on any atom is 0.134 e. The second-order valence-electron chi connectivity index (χ2n) is 4.79. The van der Waals surface area contributed by atoms with E-state index in [2.05, 4.69) is 20.6 Å². The molecule has 0 spiro atoms. The lowest BCUT2D eigenvalue weighted by Crippen LogP contribution is -2.30. The third-order valence-corrected chi connectivity index (χ3v) is 2.29. The average Bonchev–Trinajstić information content (AvgIpc) is 2.20. The maximum absolute atomic E-state index is 9.69. The summed E-state index contributed by atoms with van der Waals surface area (Å²) in [5, 5.41) is 16.0. The molecule has 0 aromatic carbocycles. The van der Waals surface area contributed by atoms with E-state index in [4.69, 9.17) is 0 Å². The van der Waals surface area contributed by atoms with E-state index in [0.717, 1.165) is 23.7 Å². The van der Waals surface area contributed by atoms with Gasteiger partial charge in [0, 0.05) is 18.7 Å². The number of nitrogens with zero attached hydrogens (tertiary/aromatic N) is 2. The minimum atomic E-state index is -0.760. The molecule has 0 atom stereocenters. The van der Waals surface area contributed by atoms with Gasteiger partial charge in [-0.25, -0.2) is 9.97 Å². The van der Waals surface area contributed by atoms with Crippen LogP contribution in [0.5, 0.6) is 0 Å².